The first-order valence-corrected chi connectivity index (χ1v) is 5.37. The summed E-state index contributed by atoms with van der Waals surface area (Å²) in [4.78, 5) is 34.6. The Balaban J connectivity index is 2.41. The Morgan fingerprint density at radius 1 is 1.29 bits per heavy atom. The van der Waals surface area contributed by atoms with Crippen LogP contribution in [0.1, 0.15) is 0 Å². The highest BCUT2D eigenvalue weighted by Gasteiger charge is 2.38. The molecule has 7 heteroatoms. The van der Waals surface area contributed by atoms with Gasteiger partial charge in [0.25, 0.3) is 0 Å². The highest BCUT2D eigenvalue weighted by atomic mass is 79.9. The number of nitrogens with one attached hydrogen (secondary N) is 1. The van der Waals surface area contributed by atoms with E-state index in [4.69, 9.17) is 4.74 Å². The van der Waals surface area contributed by atoms with Crippen LogP contribution in [0.25, 0.3) is 0 Å². The Labute approximate surface area is 105 Å². The molecule has 1 aromatic carbocycles. The summed E-state index contributed by atoms with van der Waals surface area (Å²) in [6, 6.07) is 3.87. The normalized spacial score (nSPS) is 15.2. The van der Waals surface area contributed by atoms with Crippen molar-refractivity contribution >= 4 is 39.5 Å². The van der Waals surface area contributed by atoms with Crippen LogP contribution in [0, 0.1) is 0 Å². The number of hydrogen-bond donors (Lipinski definition) is 1. The molecule has 88 valence electrons. The average Bonchev–Trinajstić information content (AvgIpc) is 2.53. The van der Waals surface area contributed by atoms with Gasteiger partial charge in [-0.1, -0.05) is 0 Å². The monoisotopic (exact) mass is 298 g/mol. The second kappa shape index (κ2) is 4.17. The number of urea groups is 1. The summed E-state index contributed by atoms with van der Waals surface area (Å²) in [6.07, 6.45) is 0. The maximum absolute atomic E-state index is 11.4. The molecule has 0 bridgehead atoms. The fourth-order valence-corrected chi connectivity index (χ4v) is 1.96. The van der Waals surface area contributed by atoms with Crippen LogP contribution >= 0.6 is 15.9 Å². The van der Waals surface area contributed by atoms with Crippen LogP contribution in [0.15, 0.2) is 22.7 Å². The maximum atomic E-state index is 11.4. The predicted octanol–water partition coefficient (Wildman–Crippen LogP) is 1.04. The largest absolute Gasteiger partial charge is 0.496 e. The first-order chi connectivity index (χ1) is 8.04. The van der Waals surface area contributed by atoms with E-state index in [-0.39, 0.29) is 0 Å². The number of rotatable bonds is 2. The van der Waals surface area contributed by atoms with E-state index in [1.54, 1.807) is 6.07 Å². The van der Waals surface area contributed by atoms with Gasteiger partial charge in [-0.05, 0) is 34.1 Å². The molecular weight excluding hydrogens is 292 g/mol. The summed E-state index contributed by atoms with van der Waals surface area (Å²) >= 11 is 3.23. The van der Waals surface area contributed by atoms with Crippen molar-refractivity contribution in [1.82, 2.24) is 5.32 Å². The Bertz CT molecular complexity index is 529. The van der Waals surface area contributed by atoms with Gasteiger partial charge in [0.15, 0.2) is 0 Å². The highest BCUT2D eigenvalue weighted by Crippen LogP contribution is 2.30. The van der Waals surface area contributed by atoms with Crippen molar-refractivity contribution in [3.05, 3.63) is 22.7 Å². The second-order valence-electron chi connectivity index (χ2n) is 3.22. The van der Waals surface area contributed by atoms with E-state index in [0.717, 1.165) is 4.90 Å². The lowest BCUT2D eigenvalue weighted by atomic mass is 10.3. The highest BCUT2D eigenvalue weighted by molar-refractivity contribution is 9.10. The molecule has 1 aromatic rings. The zero-order valence-electron chi connectivity index (χ0n) is 8.69. The third-order valence-electron chi connectivity index (χ3n) is 2.21. The predicted molar refractivity (Wildman–Crippen MR) is 61.7 cm³/mol. The molecule has 6 nitrogen and oxygen atoms in total. The van der Waals surface area contributed by atoms with Gasteiger partial charge < -0.3 is 4.74 Å². The van der Waals surface area contributed by atoms with E-state index in [2.05, 4.69) is 15.9 Å². The quantitative estimate of drug-likeness (QED) is 0.654. The number of imide groups is 2. The van der Waals surface area contributed by atoms with E-state index in [9.17, 15) is 14.4 Å². The summed E-state index contributed by atoms with van der Waals surface area (Å²) in [5.74, 6) is -1.26. The van der Waals surface area contributed by atoms with Crippen LogP contribution in [-0.2, 0) is 9.59 Å². The SMILES string of the molecule is COc1ccc(N2C(=O)NC(=O)C2=O)cc1Br. The minimum absolute atomic E-state index is 0.297. The molecule has 1 saturated heterocycles. The van der Waals surface area contributed by atoms with Crippen molar-refractivity contribution in [2.75, 3.05) is 12.0 Å². The molecule has 1 N–H and O–H groups in total. The van der Waals surface area contributed by atoms with Crippen molar-refractivity contribution in [2.24, 2.45) is 0 Å². The zero-order chi connectivity index (χ0) is 12.6. The van der Waals surface area contributed by atoms with Crippen molar-refractivity contribution < 1.29 is 19.1 Å². The van der Waals surface area contributed by atoms with E-state index < -0.39 is 17.8 Å². The lowest BCUT2D eigenvalue weighted by Crippen LogP contribution is -2.30. The molecule has 1 aliphatic heterocycles. The van der Waals surface area contributed by atoms with E-state index in [0.29, 0.717) is 15.9 Å². The van der Waals surface area contributed by atoms with Gasteiger partial charge in [-0.25, -0.2) is 9.69 Å². The smallest absolute Gasteiger partial charge is 0.336 e. The molecule has 1 fully saturated rings. The number of nitrogens with zero attached hydrogens (tertiary/aromatic N) is 1. The topological polar surface area (TPSA) is 75.7 Å². The van der Waals surface area contributed by atoms with Crippen molar-refractivity contribution in [1.29, 1.82) is 0 Å². The van der Waals surface area contributed by atoms with Crippen LogP contribution in [0.3, 0.4) is 0 Å². The summed E-state index contributed by atoms with van der Waals surface area (Å²) in [5.41, 5.74) is 0.297. The standard InChI is InChI=1S/C10H7BrN2O4/c1-17-7-3-2-5(4-6(7)11)13-9(15)8(14)12-10(13)16/h2-4H,1H3,(H,12,14,16). The van der Waals surface area contributed by atoms with Gasteiger partial charge in [-0.2, -0.15) is 0 Å². The number of hydrogen-bond acceptors (Lipinski definition) is 4. The molecule has 0 unspecified atom stereocenters. The van der Waals surface area contributed by atoms with Crippen LogP contribution in [0.2, 0.25) is 0 Å². The Hall–Kier alpha value is -1.89. The zero-order valence-corrected chi connectivity index (χ0v) is 10.3. The number of amides is 4. The summed E-state index contributed by atoms with van der Waals surface area (Å²) < 4.78 is 5.60. The summed E-state index contributed by atoms with van der Waals surface area (Å²) in [5, 5.41) is 1.92. The van der Waals surface area contributed by atoms with Gasteiger partial charge in [0.1, 0.15) is 5.75 Å². The summed E-state index contributed by atoms with van der Waals surface area (Å²) in [6.45, 7) is 0. The van der Waals surface area contributed by atoms with Gasteiger partial charge in [0.2, 0.25) is 0 Å². The van der Waals surface area contributed by atoms with E-state index in [1.807, 2.05) is 5.32 Å². The second-order valence-corrected chi connectivity index (χ2v) is 4.07. The Morgan fingerprint density at radius 2 is 2.00 bits per heavy atom. The van der Waals surface area contributed by atoms with Crippen molar-refractivity contribution in [3.8, 4) is 5.75 Å². The molecule has 0 aromatic heterocycles. The first-order valence-electron chi connectivity index (χ1n) is 4.57. The number of carbonyl (C=O) groups excluding carboxylic acids is 3. The Morgan fingerprint density at radius 3 is 2.47 bits per heavy atom. The number of carbonyl (C=O) groups is 3. The summed E-state index contributed by atoms with van der Waals surface area (Å²) in [7, 11) is 1.50. The fraction of sp³-hybridized carbons (Fsp3) is 0.100. The number of benzene rings is 1. The third kappa shape index (κ3) is 1.89. The number of halogens is 1. The molecule has 2 rings (SSSR count). The minimum Gasteiger partial charge on any atom is -0.496 e. The van der Waals surface area contributed by atoms with Gasteiger partial charge >= 0.3 is 17.8 Å². The third-order valence-corrected chi connectivity index (χ3v) is 2.83. The van der Waals surface area contributed by atoms with Gasteiger partial charge in [-0.15, -0.1) is 0 Å². The van der Waals surface area contributed by atoms with Crippen LogP contribution in [-0.4, -0.2) is 25.0 Å². The van der Waals surface area contributed by atoms with Crippen LogP contribution in [0.5, 0.6) is 5.75 Å². The van der Waals surface area contributed by atoms with Gasteiger partial charge in [-0.3, -0.25) is 14.9 Å². The molecule has 4 amide bonds. The van der Waals surface area contributed by atoms with Gasteiger partial charge in [0, 0.05) is 0 Å². The molecule has 0 radical (unpaired) electrons. The van der Waals surface area contributed by atoms with E-state index in [1.165, 1.54) is 19.2 Å². The Kier molecular flexibility index (Phi) is 2.84. The molecule has 1 aliphatic rings. The van der Waals surface area contributed by atoms with Gasteiger partial charge in [0.05, 0.1) is 17.3 Å². The first kappa shape index (κ1) is 11.6. The van der Waals surface area contributed by atoms with Crippen molar-refractivity contribution in [2.45, 2.75) is 0 Å². The molecule has 17 heavy (non-hydrogen) atoms. The minimum atomic E-state index is -0.929. The maximum Gasteiger partial charge on any atom is 0.336 e. The average molecular weight is 299 g/mol. The van der Waals surface area contributed by atoms with Crippen LogP contribution in [0.4, 0.5) is 10.5 Å². The molecule has 1 heterocycles. The van der Waals surface area contributed by atoms with E-state index >= 15 is 0 Å². The molecule has 0 spiro atoms. The molecule has 0 aliphatic carbocycles. The molecular formula is C10H7BrN2O4. The van der Waals surface area contributed by atoms with Crippen LogP contribution < -0.4 is 15.0 Å². The molecule has 0 saturated carbocycles. The lowest BCUT2D eigenvalue weighted by molar-refractivity contribution is -0.134. The number of methoxy groups -OCH3 is 1. The lowest BCUT2D eigenvalue weighted by Gasteiger charge is -2.12. The number of ether oxygens (including phenoxy) is 1. The fourth-order valence-electron chi connectivity index (χ4n) is 1.43. The number of anilines is 1. The molecule has 0 atom stereocenters. The van der Waals surface area contributed by atoms with Crippen molar-refractivity contribution in [3.63, 3.8) is 0 Å².